The van der Waals surface area contributed by atoms with Gasteiger partial charge in [0.25, 0.3) is 5.91 Å². The van der Waals surface area contributed by atoms with Gasteiger partial charge in [-0.05, 0) is 24.3 Å². The van der Waals surface area contributed by atoms with Gasteiger partial charge in [-0.15, -0.1) is 0 Å². The van der Waals surface area contributed by atoms with Crippen LogP contribution in [0.4, 0.5) is 14.5 Å². The summed E-state index contributed by atoms with van der Waals surface area (Å²) in [6, 6.07) is 7.03. The van der Waals surface area contributed by atoms with Crippen LogP contribution in [0.2, 0.25) is 0 Å². The number of carbonyl (C=O) groups is 1. The minimum atomic E-state index is -0.874. The van der Waals surface area contributed by atoms with Crippen LogP contribution in [0.25, 0.3) is 0 Å². The fourth-order valence-electron chi connectivity index (χ4n) is 1.63. The molecule has 0 saturated heterocycles. The van der Waals surface area contributed by atoms with Crippen molar-refractivity contribution in [1.82, 2.24) is 0 Å². The smallest absolute Gasteiger partial charge is 0.250 e. The number of benzene rings is 2. The van der Waals surface area contributed by atoms with E-state index in [0.717, 1.165) is 18.2 Å². The highest BCUT2D eigenvalue weighted by Crippen LogP contribution is 2.30. The van der Waals surface area contributed by atoms with Crippen LogP contribution >= 0.6 is 0 Å². The van der Waals surface area contributed by atoms with E-state index in [1.54, 1.807) is 6.07 Å². The van der Waals surface area contributed by atoms with Gasteiger partial charge in [-0.2, -0.15) is 5.26 Å². The molecule has 0 aliphatic carbocycles. The Kier molecular flexibility index (Phi) is 3.71. The number of anilines is 1. The van der Waals surface area contributed by atoms with Gasteiger partial charge in [0, 0.05) is 11.8 Å². The zero-order valence-corrected chi connectivity index (χ0v) is 10.6. The first-order chi connectivity index (χ1) is 9.92. The van der Waals surface area contributed by atoms with Crippen molar-refractivity contribution in [2.24, 2.45) is 5.73 Å². The van der Waals surface area contributed by atoms with Crippen LogP contribution < -0.4 is 16.2 Å². The van der Waals surface area contributed by atoms with E-state index in [0.29, 0.717) is 0 Å². The minimum Gasteiger partial charge on any atom is -0.451 e. The van der Waals surface area contributed by atoms with E-state index in [9.17, 15) is 13.6 Å². The zero-order chi connectivity index (χ0) is 15.6. The summed E-state index contributed by atoms with van der Waals surface area (Å²) in [5.74, 6) is -3.28. The van der Waals surface area contributed by atoms with E-state index < -0.39 is 23.3 Å². The van der Waals surface area contributed by atoms with Crippen molar-refractivity contribution < 1.29 is 18.3 Å². The number of nitrogens with two attached hydrogens (primary N) is 2. The van der Waals surface area contributed by atoms with Crippen molar-refractivity contribution >= 4 is 11.6 Å². The Hall–Kier alpha value is -3.14. The second kappa shape index (κ2) is 5.46. The molecule has 0 radical (unpaired) electrons. The number of halogens is 2. The molecule has 0 aliphatic rings. The summed E-state index contributed by atoms with van der Waals surface area (Å²) < 4.78 is 32.5. The Labute approximate surface area is 118 Å². The number of hydrogen-bond donors (Lipinski definition) is 2. The van der Waals surface area contributed by atoms with Crippen molar-refractivity contribution in [2.75, 3.05) is 5.73 Å². The predicted octanol–water partition coefficient (Wildman–Crippen LogP) is 2.31. The van der Waals surface area contributed by atoms with Gasteiger partial charge in [-0.1, -0.05) is 0 Å². The summed E-state index contributed by atoms with van der Waals surface area (Å²) >= 11 is 0. The van der Waals surface area contributed by atoms with Gasteiger partial charge in [-0.25, -0.2) is 8.78 Å². The summed E-state index contributed by atoms with van der Waals surface area (Å²) in [5, 5.41) is 8.63. The predicted molar refractivity (Wildman–Crippen MR) is 70.5 cm³/mol. The van der Waals surface area contributed by atoms with E-state index in [1.165, 1.54) is 12.1 Å². The van der Waals surface area contributed by atoms with Crippen LogP contribution in [0.5, 0.6) is 11.5 Å². The van der Waals surface area contributed by atoms with Crippen molar-refractivity contribution in [2.45, 2.75) is 0 Å². The number of nitrogens with zero attached hydrogens (tertiary/aromatic N) is 1. The second-order valence-corrected chi connectivity index (χ2v) is 4.09. The first kappa shape index (κ1) is 14.3. The van der Waals surface area contributed by atoms with Gasteiger partial charge < -0.3 is 16.2 Å². The Morgan fingerprint density at radius 1 is 1.14 bits per heavy atom. The molecule has 0 bridgehead atoms. The van der Waals surface area contributed by atoms with Crippen molar-refractivity contribution in [3.63, 3.8) is 0 Å². The van der Waals surface area contributed by atoms with E-state index in [1.807, 2.05) is 0 Å². The molecule has 4 N–H and O–H groups in total. The molecule has 0 aromatic heterocycles. The molecule has 0 aliphatic heterocycles. The van der Waals surface area contributed by atoms with Crippen LogP contribution in [0.3, 0.4) is 0 Å². The SMILES string of the molecule is N#Cc1ccc(Oc2cc(C(N)=O)c(N)cc2F)c(F)c1. The molecule has 0 atom stereocenters. The van der Waals surface area contributed by atoms with Gasteiger partial charge in [0.1, 0.15) is 0 Å². The molecule has 106 valence electrons. The Morgan fingerprint density at radius 3 is 2.38 bits per heavy atom. The van der Waals surface area contributed by atoms with Crippen LogP contribution in [0, 0.1) is 23.0 Å². The summed E-state index contributed by atoms with van der Waals surface area (Å²) in [7, 11) is 0. The normalized spacial score (nSPS) is 9.95. The van der Waals surface area contributed by atoms with E-state index >= 15 is 0 Å². The minimum absolute atomic E-state index is 0.0930. The highest BCUT2D eigenvalue weighted by Gasteiger charge is 2.15. The van der Waals surface area contributed by atoms with Gasteiger partial charge in [0.2, 0.25) is 0 Å². The quantitative estimate of drug-likeness (QED) is 0.846. The molecule has 0 spiro atoms. The third kappa shape index (κ3) is 2.90. The van der Waals surface area contributed by atoms with Gasteiger partial charge >= 0.3 is 0 Å². The summed E-state index contributed by atoms with van der Waals surface area (Å²) in [4.78, 5) is 11.1. The fourth-order valence-corrected chi connectivity index (χ4v) is 1.63. The van der Waals surface area contributed by atoms with Crippen LogP contribution in [0.1, 0.15) is 15.9 Å². The maximum absolute atomic E-state index is 13.7. The number of amides is 1. The monoisotopic (exact) mass is 289 g/mol. The second-order valence-electron chi connectivity index (χ2n) is 4.09. The molecule has 1 amide bonds. The van der Waals surface area contributed by atoms with E-state index in [-0.39, 0.29) is 22.6 Å². The first-order valence-corrected chi connectivity index (χ1v) is 5.68. The Balaban J connectivity index is 2.42. The molecule has 21 heavy (non-hydrogen) atoms. The number of rotatable bonds is 3. The molecular formula is C14H9F2N3O2. The average molecular weight is 289 g/mol. The largest absolute Gasteiger partial charge is 0.451 e. The topological polar surface area (TPSA) is 102 Å². The zero-order valence-electron chi connectivity index (χ0n) is 10.6. The summed E-state index contributed by atoms with van der Waals surface area (Å²) in [6.45, 7) is 0. The van der Waals surface area contributed by atoms with Crippen LogP contribution in [-0.2, 0) is 0 Å². The molecule has 5 nitrogen and oxygen atoms in total. The highest BCUT2D eigenvalue weighted by molar-refractivity contribution is 5.98. The maximum atomic E-state index is 13.7. The van der Waals surface area contributed by atoms with E-state index in [4.69, 9.17) is 21.5 Å². The lowest BCUT2D eigenvalue weighted by Gasteiger charge is -2.10. The van der Waals surface area contributed by atoms with Crippen molar-refractivity contribution in [3.05, 3.63) is 53.1 Å². The molecule has 2 rings (SSSR count). The maximum Gasteiger partial charge on any atom is 0.250 e. The molecule has 2 aromatic rings. The number of primary amides is 1. The molecule has 0 fully saturated rings. The molecule has 0 heterocycles. The lowest BCUT2D eigenvalue weighted by atomic mass is 10.1. The third-order valence-corrected chi connectivity index (χ3v) is 2.65. The molecule has 7 heteroatoms. The number of ether oxygens (including phenoxy) is 1. The summed E-state index contributed by atoms with van der Waals surface area (Å²) in [6.07, 6.45) is 0. The van der Waals surface area contributed by atoms with Crippen LogP contribution in [0.15, 0.2) is 30.3 Å². The van der Waals surface area contributed by atoms with Crippen molar-refractivity contribution in [3.8, 4) is 17.6 Å². The fraction of sp³-hybridized carbons (Fsp3) is 0. The highest BCUT2D eigenvalue weighted by atomic mass is 19.1. The standard InChI is InChI=1S/C14H9F2N3O2/c15-9-3-7(6-17)1-2-12(9)21-13-4-8(14(19)20)11(18)5-10(13)16/h1-5H,18H2,(H2,19,20). The average Bonchev–Trinajstić information content (AvgIpc) is 2.43. The Bertz CT molecular complexity index is 770. The number of hydrogen-bond acceptors (Lipinski definition) is 4. The molecule has 2 aromatic carbocycles. The third-order valence-electron chi connectivity index (χ3n) is 2.65. The lowest BCUT2D eigenvalue weighted by molar-refractivity contribution is 0.100. The number of nitriles is 1. The van der Waals surface area contributed by atoms with E-state index in [2.05, 4.69) is 0 Å². The number of nitrogen functional groups attached to an aromatic ring is 1. The molecule has 0 unspecified atom stereocenters. The van der Waals surface area contributed by atoms with Gasteiger partial charge in [0.15, 0.2) is 23.1 Å². The van der Waals surface area contributed by atoms with Crippen molar-refractivity contribution in [1.29, 1.82) is 5.26 Å². The summed E-state index contributed by atoms with van der Waals surface area (Å²) in [5.41, 5.74) is 10.3. The Morgan fingerprint density at radius 2 is 1.81 bits per heavy atom. The first-order valence-electron chi connectivity index (χ1n) is 5.68. The van der Waals surface area contributed by atoms with Crippen LogP contribution in [-0.4, -0.2) is 5.91 Å². The lowest BCUT2D eigenvalue weighted by Crippen LogP contribution is -2.14. The molecule has 0 saturated carbocycles. The number of carbonyl (C=O) groups excluding carboxylic acids is 1. The van der Waals surface area contributed by atoms with Gasteiger partial charge in [-0.3, -0.25) is 4.79 Å². The molecular weight excluding hydrogens is 280 g/mol. The van der Waals surface area contributed by atoms with Gasteiger partial charge in [0.05, 0.1) is 17.2 Å².